The van der Waals surface area contributed by atoms with Gasteiger partial charge in [-0.3, -0.25) is 4.18 Å². The van der Waals surface area contributed by atoms with Gasteiger partial charge in [-0.25, -0.2) is 4.79 Å². The zero-order valence-corrected chi connectivity index (χ0v) is 14.9. The van der Waals surface area contributed by atoms with Crippen LogP contribution in [0.1, 0.15) is 45.2 Å². The summed E-state index contributed by atoms with van der Waals surface area (Å²) in [6.45, 7) is 5.47. The molecular weight excluding hydrogens is 318 g/mol. The molecule has 0 bridgehead atoms. The molecule has 7 heteroatoms. The highest BCUT2D eigenvalue weighted by atomic mass is 32.2. The molecule has 0 heterocycles. The van der Waals surface area contributed by atoms with E-state index >= 15 is 0 Å². The van der Waals surface area contributed by atoms with Crippen molar-refractivity contribution in [2.75, 3.05) is 12.9 Å². The Hall–Kier alpha value is -1.60. The molecule has 23 heavy (non-hydrogen) atoms. The van der Waals surface area contributed by atoms with Gasteiger partial charge in [0.1, 0.15) is 5.60 Å². The summed E-state index contributed by atoms with van der Waals surface area (Å²) in [5, 5.41) is 2.82. The van der Waals surface area contributed by atoms with Crippen LogP contribution in [0, 0.1) is 0 Å². The van der Waals surface area contributed by atoms with Gasteiger partial charge in [0.25, 0.3) is 10.1 Å². The molecule has 0 aromatic heterocycles. The second-order valence-electron chi connectivity index (χ2n) is 6.28. The highest BCUT2D eigenvalue weighted by Crippen LogP contribution is 2.19. The molecular formula is C16H25NO5S. The Labute approximate surface area is 138 Å². The number of ether oxygens (including phenoxy) is 1. The summed E-state index contributed by atoms with van der Waals surface area (Å²) in [6, 6.07) is 9.19. The first-order valence-corrected chi connectivity index (χ1v) is 9.27. The second kappa shape index (κ2) is 8.31. The number of hydrogen-bond acceptors (Lipinski definition) is 5. The minimum atomic E-state index is -3.45. The summed E-state index contributed by atoms with van der Waals surface area (Å²) in [5.74, 6) is 0. The van der Waals surface area contributed by atoms with Crippen LogP contribution in [-0.4, -0.2) is 33.0 Å². The van der Waals surface area contributed by atoms with E-state index in [1.165, 1.54) is 0 Å². The highest BCUT2D eigenvalue weighted by Gasteiger charge is 2.20. The molecule has 0 aliphatic rings. The molecule has 6 nitrogen and oxygen atoms in total. The largest absolute Gasteiger partial charge is 0.444 e. The monoisotopic (exact) mass is 343 g/mol. The van der Waals surface area contributed by atoms with Gasteiger partial charge in [-0.15, -0.1) is 0 Å². The normalized spacial score (nSPS) is 13.4. The maximum absolute atomic E-state index is 12.0. The van der Waals surface area contributed by atoms with Crippen LogP contribution in [0.25, 0.3) is 0 Å². The molecule has 0 saturated carbocycles. The fraction of sp³-hybridized carbons (Fsp3) is 0.562. The van der Waals surface area contributed by atoms with Crippen molar-refractivity contribution < 1.29 is 22.1 Å². The molecule has 1 amide bonds. The molecule has 0 spiro atoms. The van der Waals surface area contributed by atoms with Gasteiger partial charge < -0.3 is 10.1 Å². The predicted octanol–water partition coefficient (Wildman–Crippen LogP) is 3.01. The van der Waals surface area contributed by atoms with Crippen LogP contribution in [-0.2, 0) is 19.0 Å². The third-order valence-electron chi connectivity index (χ3n) is 2.83. The topological polar surface area (TPSA) is 81.7 Å². The average Bonchev–Trinajstić information content (AvgIpc) is 2.40. The van der Waals surface area contributed by atoms with Crippen molar-refractivity contribution >= 4 is 16.2 Å². The van der Waals surface area contributed by atoms with Gasteiger partial charge in [0, 0.05) is 0 Å². The Kier molecular flexibility index (Phi) is 7.02. The molecule has 0 saturated heterocycles. The molecule has 1 N–H and O–H groups in total. The Balaban J connectivity index is 2.65. The van der Waals surface area contributed by atoms with E-state index in [1.807, 2.05) is 30.3 Å². The van der Waals surface area contributed by atoms with E-state index in [1.54, 1.807) is 20.8 Å². The van der Waals surface area contributed by atoms with Crippen LogP contribution in [0.2, 0.25) is 0 Å². The van der Waals surface area contributed by atoms with E-state index < -0.39 is 21.8 Å². The first-order chi connectivity index (χ1) is 10.6. The van der Waals surface area contributed by atoms with Crippen LogP contribution in [0.5, 0.6) is 0 Å². The van der Waals surface area contributed by atoms with Crippen molar-refractivity contribution in [2.45, 2.75) is 45.3 Å². The summed E-state index contributed by atoms with van der Waals surface area (Å²) >= 11 is 0. The maximum atomic E-state index is 12.0. The molecule has 1 rings (SSSR count). The summed E-state index contributed by atoms with van der Waals surface area (Å²) in [4.78, 5) is 12.0. The quantitative estimate of drug-likeness (QED) is 0.608. The predicted molar refractivity (Wildman–Crippen MR) is 88.6 cm³/mol. The minimum absolute atomic E-state index is 0.0815. The lowest BCUT2D eigenvalue weighted by atomic mass is 10.0. The van der Waals surface area contributed by atoms with Gasteiger partial charge in [0.15, 0.2) is 0 Å². The molecule has 1 aromatic rings. The number of alkyl carbamates (subject to hydrolysis) is 1. The number of amides is 1. The van der Waals surface area contributed by atoms with E-state index in [9.17, 15) is 13.2 Å². The molecule has 130 valence electrons. The maximum Gasteiger partial charge on any atom is 0.408 e. The van der Waals surface area contributed by atoms with Gasteiger partial charge in [0.2, 0.25) is 0 Å². The summed E-state index contributed by atoms with van der Waals surface area (Å²) in [5.41, 5.74) is 0.350. The Morgan fingerprint density at radius 2 is 1.83 bits per heavy atom. The van der Waals surface area contributed by atoms with Crippen molar-refractivity contribution in [1.29, 1.82) is 0 Å². The minimum Gasteiger partial charge on any atom is -0.444 e. The lowest BCUT2D eigenvalue weighted by molar-refractivity contribution is 0.0499. The lowest BCUT2D eigenvalue weighted by Gasteiger charge is -2.24. The van der Waals surface area contributed by atoms with Gasteiger partial charge in [-0.2, -0.15) is 8.42 Å². The highest BCUT2D eigenvalue weighted by molar-refractivity contribution is 7.85. The van der Waals surface area contributed by atoms with Gasteiger partial charge >= 0.3 is 6.09 Å². The van der Waals surface area contributed by atoms with Crippen molar-refractivity contribution in [3.63, 3.8) is 0 Å². The number of hydrogen-bond donors (Lipinski definition) is 1. The Morgan fingerprint density at radius 3 is 2.35 bits per heavy atom. The van der Waals surface area contributed by atoms with Crippen LogP contribution >= 0.6 is 0 Å². The number of rotatable bonds is 7. The summed E-state index contributed by atoms with van der Waals surface area (Å²) in [7, 11) is -3.45. The number of carbonyl (C=O) groups is 1. The fourth-order valence-electron chi connectivity index (χ4n) is 1.96. The van der Waals surface area contributed by atoms with Crippen molar-refractivity contribution in [3.8, 4) is 0 Å². The van der Waals surface area contributed by atoms with E-state index in [0.717, 1.165) is 11.8 Å². The number of carbonyl (C=O) groups excluding carboxylic acids is 1. The van der Waals surface area contributed by atoms with E-state index in [2.05, 4.69) is 5.32 Å². The van der Waals surface area contributed by atoms with Crippen molar-refractivity contribution in [1.82, 2.24) is 5.32 Å². The van der Waals surface area contributed by atoms with Gasteiger partial charge in [0.05, 0.1) is 18.9 Å². The first-order valence-electron chi connectivity index (χ1n) is 7.46. The van der Waals surface area contributed by atoms with Crippen LogP contribution in [0.15, 0.2) is 30.3 Å². The first kappa shape index (κ1) is 19.4. The number of benzene rings is 1. The SMILES string of the molecule is CC(C)(C)OC(=O)N[C@@H](CCCOS(C)(=O)=O)c1ccccc1. The standard InChI is InChI=1S/C16H25NO5S/c1-16(2,3)22-15(18)17-14(13-9-6-5-7-10-13)11-8-12-21-23(4,19)20/h5-7,9-10,14H,8,11-12H2,1-4H3,(H,17,18)/t14-/m0/s1. The molecule has 1 atom stereocenters. The van der Waals surface area contributed by atoms with E-state index in [4.69, 9.17) is 8.92 Å². The van der Waals surface area contributed by atoms with Crippen LogP contribution in [0.4, 0.5) is 4.79 Å². The molecule has 0 aliphatic carbocycles. The Morgan fingerprint density at radius 1 is 1.22 bits per heavy atom. The lowest BCUT2D eigenvalue weighted by Crippen LogP contribution is -2.35. The smallest absolute Gasteiger partial charge is 0.408 e. The van der Waals surface area contributed by atoms with E-state index in [-0.39, 0.29) is 12.6 Å². The van der Waals surface area contributed by atoms with Gasteiger partial charge in [-0.05, 0) is 39.2 Å². The van der Waals surface area contributed by atoms with Gasteiger partial charge in [-0.1, -0.05) is 30.3 Å². The molecule has 1 aromatic carbocycles. The third kappa shape index (κ3) is 9.20. The summed E-state index contributed by atoms with van der Waals surface area (Å²) < 4.78 is 31.9. The van der Waals surface area contributed by atoms with E-state index in [0.29, 0.717) is 12.8 Å². The average molecular weight is 343 g/mol. The zero-order chi connectivity index (χ0) is 17.5. The second-order valence-corrected chi connectivity index (χ2v) is 7.92. The molecule has 0 radical (unpaired) electrons. The number of nitrogens with one attached hydrogen (secondary N) is 1. The molecule has 0 fully saturated rings. The van der Waals surface area contributed by atoms with Crippen molar-refractivity contribution in [3.05, 3.63) is 35.9 Å². The third-order valence-corrected chi connectivity index (χ3v) is 3.42. The summed E-state index contributed by atoms with van der Waals surface area (Å²) in [6.07, 6.45) is 1.54. The molecule has 0 unspecified atom stereocenters. The van der Waals surface area contributed by atoms with Crippen molar-refractivity contribution in [2.24, 2.45) is 0 Å². The van der Waals surface area contributed by atoms with Crippen LogP contribution < -0.4 is 5.32 Å². The molecule has 0 aliphatic heterocycles. The Bertz CT molecular complexity index is 593. The fourth-order valence-corrected chi connectivity index (χ4v) is 2.38. The van der Waals surface area contributed by atoms with Crippen LogP contribution in [0.3, 0.4) is 0 Å². The zero-order valence-electron chi connectivity index (χ0n) is 14.0.